The summed E-state index contributed by atoms with van der Waals surface area (Å²) in [5.74, 6) is -0.390. The minimum absolute atomic E-state index is 0.169. The fraction of sp³-hybridized carbons (Fsp3) is 0.222. The number of imide groups is 1. The van der Waals surface area contributed by atoms with E-state index in [1.807, 2.05) is 44.2 Å². The molecule has 1 aliphatic heterocycles. The van der Waals surface area contributed by atoms with Gasteiger partial charge < -0.3 is 5.32 Å². The van der Waals surface area contributed by atoms with Crippen LogP contribution in [0.3, 0.4) is 0 Å². The molecule has 0 radical (unpaired) electrons. The van der Waals surface area contributed by atoms with Gasteiger partial charge in [0.25, 0.3) is 5.91 Å². The van der Waals surface area contributed by atoms with E-state index in [0.29, 0.717) is 5.69 Å². The van der Waals surface area contributed by atoms with Gasteiger partial charge in [-0.2, -0.15) is 0 Å². The number of hydrogen-bond acceptors (Lipinski definition) is 3. The molecule has 4 nitrogen and oxygen atoms in total. The minimum atomic E-state index is -0.522. The summed E-state index contributed by atoms with van der Waals surface area (Å²) < 4.78 is 0.908. The van der Waals surface area contributed by atoms with Crippen molar-refractivity contribution in [1.82, 2.24) is 0 Å². The van der Waals surface area contributed by atoms with Gasteiger partial charge in [-0.25, -0.2) is 4.90 Å². The van der Waals surface area contributed by atoms with E-state index in [1.54, 1.807) is 12.1 Å². The number of halogens is 1. The molecule has 23 heavy (non-hydrogen) atoms. The Balaban J connectivity index is 1.84. The van der Waals surface area contributed by atoms with Crippen molar-refractivity contribution in [3.63, 3.8) is 0 Å². The molecule has 0 saturated carbocycles. The highest BCUT2D eigenvalue weighted by molar-refractivity contribution is 9.10. The Morgan fingerprint density at radius 1 is 1.09 bits per heavy atom. The standard InChI is InChI=1S/C18H17BrN2O2/c1-11-4-3-5-15(12(11)2)20-16-10-17(22)21(18(16)23)14-8-6-13(19)7-9-14/h3-9,16,20H,10H2,1-2H3/t16-/m0/s1. The van der Waals surface area contributed by atoms with Crippen LogP contribution in [0.15, 0.2) is 46.9 Å². The smallest absolute Gasteiger partial charge is 0.256 e. The molecule has 2 aromatic rings. The second-order valence-electron chi connectivity index (χ2n) is 5.69. The summed E-state index contributed by atoms with van der Waals surface area (Å²) >= 11 is 3.35. The number of anilines is 2. The van der Waals surface area contributed by atoms with E-state index in [0.717, 1.165) is 21.3 Å². The van der Waals surface area contributed by atoms with Crippen molar-refractivity contribution in [2.45, 2.75) is 26.3 Å². The van der Waals surface area contributed by atoms with Gasteiger partial charge >= 0.3 is 0 Å². The second-order valence-corrected chi connectivity index (χ2v) is 6.61. The van der Waals surface area contributed by atoms with Gasteiger partial charge in [-0.05, 0) is 55.3 Å². The monoisotopic (exact) mass is 372 g/mol. The molecule has 1 aliphatic rings. The van der Waals surface area contributed by atoms with E-state index < -0.39 is 6.04 Å². The molecule has 118 valence electrons. The van der Waals surface area contributed by atoms with Crippen LogP contribution in [0.2, 0.25) is 0 Å². The van der Waals surface area contributed by atoms with Crippen LogP contribution in [0.1, 0.15) is 17.5 Å². The predicted octanol–water partition coefficient (Wildman–Crippen LogP) is 3.81. The lowest BCUT2D eigenvalue weighted by molar-refractivity contribution is -0.121. The number of rotatable bonds is 3. The highest BCUT2D eigenvalue weighted by Gasteiger charge is 2.39. The summed E-state index contributed by atoms with van der Waals surface area (Å²) in [5, 5.41) is 3.22. The van der Waals surface area contributed by atoms with Crippen LogP contribution in [0.4, 0.5) is 11.4 Å². The molecule has 1 saturated heterocycles. The second kappa shape index (κ2) is 6.16. The maximum absolute atomic E-state index is 12.6. The van der Waals surface area contributed by atoms with Gasteiger partial charge in [0.15, 0.2) is 0 Å². The Bertz CT molecular complexity index is 771. The largest absolute Gasteiger partial charge is 0.373 e. The molecule has 0 unspecified atom stereocenters. The number of amides is 2. The van der Waals surface area contributed by atoms with Crippen molar-refractivity contribution in [2.24, 2.45) is 0 Å². The molecule has 1 atom stereocenters. The van der Waals surface area contributed by atoms with E-state index in [4.69, 9.17) is 0 Å². The first-order valence-corrected chi connectivity index (χ1v) is 8.22. The maximum atomic E-state index is 12.6. The van der Waals surface area contributed by atoms with Crippen molar-refractivity contribution < 1.29 is 9.59 Å². The Labute approximate surface area is 143 Å². The van der Waals surface area contributed by atoms with Crippen LogP contribution in [0.25, 0.3) is 0 Å². The molecule has 1 N–H and O–H groups in total. The normalized spacial score (nSPS) is 17.7. The molecular weight excluding hydrogens is 356 g/mol. The lowest BCUT2D eigenvalue weighted by Crippen LogP contribution is -2.34. The van der Waals surface area contributed by atoms with Crippen molar-refractivity contribution in [3.05, 3.63) is 58.1 Å². The van der Waals surface area contributed by atoms with Crippen LogP contribution in [-0.4, -0.2) is 17.9 Å². The maximum Gasteiger partial charge on any atom is 0.256 e. The van der Waals surface area contributed by atoms with E-state index >= 15 is 0 Å². The summed E-state index contributed by atoms with van der Waals surface area (Å²) in [6.07, 6.45) is 0.169. The van der Waals surface area contributed by atoms with Crippen molar-refractivity contribution >= 4 is 39.1 Å². The zero-order valence-corrected chi connectivity index (χ0v) is 14.6. The summed E-state index contributed by atoms with van der Waals surface area (Å²) in [7, 11) is 0. The lowest BCUT2D eigenvalue weighted by Gasteiger charge is -2.17. The molecule has 0 aliphatic carbocycles. The average molecular weight is 373 g/mol. The number of nitrogens with one attached hydrogen (secondary N) is 1. The fourth-order valence-electron chi connectivity index (χ4n) is 2.70. The minimum Gasteiger partial charge on any atom is -0.373 e. The van der Waals surface area contributed by atoms with Crippen molar-refractivity contribution in [3.8, 4) is 0 Å². The number of nitrogens with zero attached hydrogens (tertiary/aromatic N) is 1. The SMILES string of the molecule is Cc1cccc(N[C@H]2CC(=O)N(c3ccc(Br)cc3)C2=O)c1C. The number of carbonyl (C=O) groups is 2. The van der Waals surface area contributed by atoms with Gasteiger partial charge in [-0.15, -0.1) is 0 Å². The van der Waals surface area contributed by atoms with Crippen LogP contribution < -0.4 is 10.2 Å². The Morgan fingerprint density at radius 3 is 2.48 bits per heavy atom. The fourth-order valence-corrected chi connectivity index (χ4v) is 2.97. The van der Waals surface area contributed by atoms with E-state index in [1.165, 1.54) is 4.90 Å². The molecule has 1 fully saturated rings. The van der Waals surface area contributed by atoms with Crippen LogP contribution >= 0.6 is 15.9 Å². The van der Waals surface area contributed by atoms with Gasteiger partial charge in [0.05, 0.1) is 12.1 Å². The highest BCUT2D eigenvalue weighted by Crippen LogP contribution is 2.27. The van der Waals surface area contributed by atoms with Gasteiger partial charge in [-0.3, -0.25) is 9.59 Å². The van der Waals surface area contributed by atoms with Crippen LogP contribution in [-0.2, 0) is 9.59 Å². The number of aryl methyl sites for hydroxylation is 1. The molecule has 0 aromatic heterocycles. The van der Waals surface area contributed by atoms with E-state index in [9.17, 15) is 9.59 Å². The molecule has 2 aromatic carbocycles. The number of hydrogen-bond donors (Lipinski definition) is 1. The topological polar surface area (TPSA) is 49.4 Å². The zero-order valence-electron chi connectivity index (χ0n) is 13.0. The third-order valence-corrected chi connectivity index (χ3v) is 4.69. The number of benzene rings is 2. The molecule has 5 heteroatoms. The predicted molar refractivity (Wildman–Crippen MR) is 94.6 cm³/mol. The number of carbonyl (C=O) groups excluding carboxylic acids is 2. The van der Waals surface area contributed by atoms with Gasteiger partial charge in [0.2, 0.25) is 5.91 Å². The Kier molecular flexibility index (Phi) is 4.22. The molecular formula is C18H17BrN2O2. The summed E-state index contributed by atoms with van der Waals surface area (Å²) in [6.45, 7) is 4.03. The first-order valence-electron chi connectivity index (χ1n) is 7.42. The Morgan fingerprint density at radius 2 is 1.78 bits per heavy atom. The zero-order chi connectivity index (χ0) is 16.6. The highest BCUT2D eigenvalue weighted by atomic mass is 79.9. The van der Waals surface area contributed by atoms with Crippen molar-refractivity contribution in [2.75, 3.05) is 10.2 Å². The first kappa shape index (κ1) is 15.7. The van der Waals surface area contributed by atoms with Crippen LogP contribution in [0.5, 0.6) is 0 Å². The first-order chi connectivity index (χ1) is 11.0. The van der Waals surface area contributed by atoms with E-state index in [-0.39, 0.29) is 18.2 Å². The molecule has 1 heterocycles. The van der Waals surface area contributed by atoms with Gasteiger partial charge in [0, 0.05) is 10.2 Å². The third-order valence-electron chi connectivity index (χ3n) is 4.17. The lowest BCUT2D eigenvalue weighted by atomic mass is 10.1. The van der Waals surface area contributed by atoms with Gasteiger partial charge in [-0.1, -0.05) is 28.1 Å². The summed E-state index contributed by atoms with van der Waals surface area (Å²) in [6, 6.07) is 12.5. The molecule has 2 amide bonds. The van der Waals surface area contributed by atoms with Gasteiger partial charge in [0.1, 0.15) is 6.04 Å². The van der Waals surface area contributed by atoms with Crippen molar-refractivity contribution in [1.29, 1.82) is 0 Å². The Hall–Kier alpha value is -2.14. The third kappa shape index (κ3) is 3.01. The summed E-state index contributed by atoms with van der Waals surface area (Å²) in [5.41, 5.74) is 3.74. The summed E-state index contributed by atoms with van der Waals surface area (Å²) in [4.78, 5) is 26.2. The van der Waals surface area contributed by atoms with E-state index in [2.05, 4.69) is 21.2 Å². The van der Waals surface area contributed by atoms with Crippen LogP contribution in [0, 0.1) is 13.8 Å². The molecule has 3 rings (SSSR count). The average Bonchev–Trinajstić information content (AvgIpc) is 2.79. The quantitative estimate of drug-likeness (QED) is 0.833. The molecule has 0 bridgehead atoms. The molecule has 0 spiro atoms.